The van der Waals surface area contributed by atoms with Crippen LogP contribution in [0.15, 0.2) is 48.9 Å². The number of alkyl halides is 3. The monoisotopic (exact) mass is 417 g/mol. The molecule has 7 nitrogen and oxygen atoms in total. The normalized spacial score (nSPS) is 12.4. The fourth-order valence-corrected chi connectivity index (χ4v) is 2.79. The first-order chi connectivity index (χ1) is 14.3. The van der Waals surface area contributed by atoms with E-state index in [2.05, 4.69) is 25.3 Å². The second kappa shape index (κ2) is 8.85. The number of aromatic nitrogens is 4. The van der Waals surface area contributed by atoms with Crippen LogP contribution >= 0.6 is 0 Å². The highest BCUT2D eigenvalue weighted by Gasteiger charge is 2.32. The van der Waals surface area contributed by atoms with Gasteiger partial charge in [0.2, 0.25) is 5.95 Å². The van der Waals surface area contributed by atoms with Crippen molar-refractivity contribution in [3.8, 4) is 11.3 Å². The van der Waals surface area contributed by atoms with Gasteiger partial charge in [-0.15, -0.1) is 0 Å². The van der Waals surface area contributed by atoms with Crippen LogP contribution in [0.25, 0.3) is 11.3 Å². The van der Waals surface area contributed by atoms with E-state index >= 15 is 0 Å². The Morgan fingerprint density at radius 1 is 1.17 bits per heavy atom. The lowest BCUT2D eigenvalue weighted by Crippen LogP contribution is -2.16. The van der Waals surface area contributed by atoms with Gasteiger partial charge in [0.1, 0.15) is 12.0 Å². The summed E-state index contributed by atoms with van der Waals surface area (Å²) in [5.74, 6) is -1.61. The topological polar surface area (TPSA) is 101 Å². The van der Waals surface area contributed by atoms with E-state index in [1.54, 1.807) is 37.3 Å². The molecule has 2 aromatic heterocycles. The molecule has 0 aliphatic rings. The van der Waals surface area contributed by atoms with Gasteiger partial charge in [-0.05, 0) is 30.7 Å². The van der Waals surface area contributed by atoms with Crippen LogP contribution in [-0.4, -0.2) is 31.0 Å². The molecule has 0 aliphatic carbocycles. The third-order valence-electron chi connectivity index (χ3n) is 4.38. The molecule has 3 rings (SSSR count). The number of carboxylic acid groups (broad SMARTS) is 1. The molecule has 2 N–H and O–H groups in total. The van der Waals surface area contributed by atoms with Gasteiger partial charge in [-0.2, -0.15) is 13.2 Å². The van der Waals surface area contributed by atoms with E-state index in [1.165, 1.54) is 6.33 Å². The molecular formula is C20H18F3N5O2. The van der Waals surface area contributed by atoms with Gasteiger partial charge in [0.25, 0.3) is 0 Å². The minimum atomic E-state index is -4.56. The molecule has 1 atom stereocenters. The van der Waals surface area contributed by atoms with Crippen LogP contribution in [0.5, 0.6) is 0 Å². The molecule has 0 saturated heterocycles. The third kappa shape index (κ3) is 5.28. The van der Waals surface area contributed by atoms with E-state index in [0.29, 0.717) is 29.1 Å². The van der Waals surface area contributed by atoms with Crippen LogP contribution in [0.3, 0.4) is 0 Å². The lowest BCUT2D eigenvalue weighted by Gasteiger charge is -2.11. The molecule has 0 radical (unpaired) electrons. The van der Waals surface area contributed by atoms with Crippen molar-refractivity contribution in [2.75, 3.05) is 5.32 Å². The molecule has 1 unspecified atom stereocenters. The maximum absolute atomic E-state index is 12.8. The number of rotatable bonds is 7. The van der Waals surface area contributed by atoms with E-state index in [-0.39, 0.29) is 12.4 Å². The number of nitrogens with zero attached hydrogens (tertiary/aromatic N) is 4. The Hall–Kier alpha value is -3.56. The summed E-state index contributed by atoms with van der Waals surface area (Å²) in [7, 11) is 0. The average Bonchev–Trinajstić information content (AvgIpc) is 2.72. The number of halogens is 3. The van der Waals surface area contributed by atoms with Gasteiger partial charge in [-0.1, -0.05) is 19.1 Å². The molecule has 0 bridgehead atoms. The Morgan fingerprint density at radius 2 is 1.97 bits per heavy atom. The second-order valence-corrected chi connectivity index (χ2v) is 6.51. The molecule has 2 heterocycles. The zero-order chi connectivity index (χ0) is 21.7. The van der Waals surface area contributed by atoms with Crippen molar-refractivity contribution in [3.63, 3.8) is 0 Å². The minimum Gasteiger partial charge on any atom is -0.481 e. The SMILES string of the molecule is CCC(Cc1cc(-c2cccc(Nc3nccc(C(F)(F)F)n3)c2)ncn1)C(=O)O. The maximum atomic E-state index is 12.8. The predicted molar refractivity (Wildman–Crippen MR) is 103 cm³/mol. The van der Waals surface area contributed by atoms with E-state index in [4.69, 9.17) is 0 Å². The highest BCUT2D eigenvalue weighted by Crippen LogP contribution is 2.28. The lowest BCUT2D eigenvalue weighted by atomic mass is 9.99. The standard InChI is InChI=1S/C20H18F3N5O2/c1-2-12(18(29)30)8-15-10-16(26-11-25-15)13-4-3-5-14(9-13)27-19-24-7-6-17(28-19)20(21,22)23/h3-7,9-12H,2,8H2,1H3,(H,29,30)(H,24,27,28). The molecule has 0 amide bonds. The molecule has 1 aromatic carbocycles. The van der Waals surface area contributed by atoms with Crippen LogP contribution < -0.4 is 5.32 Å². The van der Waals surface area contributed by atoms with Gasteiger partial charge in [0, 0.05) is 29.6 Å². The zero-order valence-electron chi connectivity index (χ0n) is 15.9. The van der Waals surface area contributed by atoms with Crippen molar-refractivity contribution >= 4 is 17.6 Å². The number of aliphatic carboxylic acids is 1. The van der Waals surface area contributed by atoms with E-state index < -0.39 is 23.8 Å². The Bertz CT molecular complexity index is 1040. The van der Waals surface area contributed by atoms with E-state index in [9.17, 15) is 23.1 Å². The molecular weight excluding hydrogens is 399 g/mol. The quantitative estimate of drug-likeness (QED) is 0.589. The lowest BCUT2D eigenvalue weighted by molar-refractivity contribution is -0.142. The Kier molecular flexibility index (Phi) is 6.24. The summed E-state index contributed by atoms with van der Waals surface area (Å²) in [6, 6.07) is 9.32. The second-order valence-electron chi connectivity index (χ2n) is 6.51. The van der Waals surface area contributed by atoms with Crippen LogP contribution in [0.2, 0.25) is 0 Å². The smallest absolute Gasteiger partial charge is 0.433 e. The minimum absolute atomic E-state index is 0.183. The van der Waals surface area contributed by atoms with E-state index in [1.807, 2.05) is 0 Å². The van der Waals surface area contributed by atoms with Gasteiger partial charge in [0.05, 0.1) is 11.6 Å². The first-order valence-electron chi connectivity index (χ1n) is 9.07. The molecule has 0 spiro atoms. The molecule has 0 aliphatic heterocycles. The van der Waals surface area contributed by atoms with Crippen molar-refractivity contribution < 1.29 is 23.1 Å². The van der Waals surface area contributed by atoms with Crippen LogP contribution in [-0.2, 0) is 17.4 Å². The largest absolute Gasteiger partial charge is 0.481 e. The van der Waals surface area contributed by atoms with Gasteiger partial charge < -0.3 is 10.4 Å². The summed E-state index contributed by atoms with van der Waals surface area (Å²) >= 11 is 0. The van der Waals surface area contributed by atoms with E-state index in [0.717, 1.165) is 12.3 Å². The number of hydrogen-bond donors (Lipinski definition) is 2. The Morgan fingerprint density at radius 3 is 2.67 bits per heavy atom. The number of anilines is 2. The van der Waals surface area contributed by atoms with Crippen molar-refractivity contribution in [1.82, 2.24) is 19.9 Å². The summed E-state index contributed by atoms with van der Waals surface area (Å²) in [5.41, 5.74) is 1.27. The first-order valence-corrected chi connectivity index (χ1v) is 9.07. The highest BCUT2D eigenvalue weighted by molar-refractivity contribution is 5.70. The summed E-state index contributed by atoms with van der Waals surface area (Å²) < 4.78 is 38.5. The number of benzene rings is 1. The van der Waals surface area contributed by atoms with Crippen LogP contribution in [0, 0.1) is 5.92 Å². The van der Waals surface area contributed by atoms with Crippen LogP contribution in [0.1, 0.15) is 24.7 Å². The predicted octanol–water partition coefficient (Wildman–Crippen LogP) is 4.35. The van der Waals surface area contributed by atoms with Crippen molar-refractivity contribution in [2.24, 2.45) is 5.92 Å². The van der Waals surface area contributed by atoms with Crippen molar-refractivity contribution in [1.29, 1.82) is 0 Å². The average molecular weight is 417 g/mol. The van der Waals surface area contributed by atoms with Gasteiger partial charge in [-0.25, -0.2) is 19.9 Å². The molecule has 0 saturated carbocycles. The number of carboxylic acids is 1. The Labute approximate surface area is 170 Å². The molecule has 3 aromatic rings. The zero-order valence-corrected chi connectivity index (χ0v) is 15.9. The third-order valence-corrected chi connectivity index (χ3v) is 4.38. The van der Waals surface area contributed by atoms with Gasteiger partial charge in [-0.3, -0.25) is 4.79 Å². The summed E-state index contributed by atoms with van der Waals surface area (Å²) in [4.78, 5) is 26.9. The molecule has 156 valence electrons. The number of carbonyl (C=O) groups is 1. The fourth-order valence-electron chi connectivity index (χ4n) is 2.79. The summed E-state index contributed by atoms with van der Waals surface area (Å²) in [6.07, 6.45) is -1.42. The fraction of sp³-hybridized carbons (Fsp3) is 0.250. The van der Waals surface area contributed by atoms with Crippen molar-refractivity contribution in [3.05, 3.63) is 60.3 Å². The summed E-state index contributed by atoms with van der Waals surface area (Å²) in [6.45, 7) is 1.80. The van der Waals surface area contributed by atoms with Gasteiger partial charge >= 0.3 is 12.1 Å². The summed E-state index contributed by atoms with van der Waals surface area (Å²) in [5, 5.41) is 12.0. The Balaban J connectivity index is 1.82. The molecule has 10 heteroatoms. The number of hydrogen-bond acceptors (Lipinski definition) is 6. The molecule has 30 heavy (non-hydrogen) atoms. The number of nitrogens with one attached hydrogen (secondary N) is 1. The highest BCUT2D eigenvalue weighted by atomic mass is 19.4. The maximum Gasteiger partial charge on any atom is 0.433 e. The van der Waals surface area contributed by atoms with Crippen molar-refractivity contribution in [2.45, 2.75) is 25.9 Å². The van der Waals surface area contributed by atoms with Crippen LogP contribution in [0.4, 0.5) is 24.8 Å². The molecule has 0 fully saturated rings. The van der Waals surface area contributed by atoms with Gasteiger partial charge in [0.15, 0.2) is 0 Å². The first kappa shape index (κ1) is 21.2.